The molecule has 0 saturated carbocycles. The van der Waals surface area contributed by atoms with Gasteiger partial charge in [0.25, 0.3) is 0 Å². The number of carbonyl (C=O) groups is 3. The summed E-state index contributed by atoms with van der Waals surface area (Å²) in [5.41, 5.74) is 1.02. The van der Waals surface area contributed by atoms with Crippen molar-refractivity contribution in [3.05, 3.63) is 34.9 Å². The SMILES string of the molecule is CC(C)(C)NC(=O)C1CCN(Cc2ccccc2Cl)CC1.O=C(O)C(=O)O. The predicted octanol–water partition coefficient (Wildman–Crippen LogP) is 2.62. The van der Waals surface area contributed by atoms with Crippen LogP contribution in [-0.2, 0) is 20.9 Å². The van der Waals surface area contributed by atoms with E-state index in [-0.39, 0.29) is 17.4 Å². The lowest BCUT2D eigenvalue weighted by Gasteiger charge is -2.33. The molecule has 8 heteroatoms. The van der Waals surface area contributed by atoms with Crippen LogP contribution in [0.2, 0.25) is 5.02 Å². The number of aliphatic carboxylic acids is 2. The summed E-state index contributed by atoms with van der Waals surface area (Å²) in [7, 11) is 0. The number of carbonyl (C=O) groups excluding carboxylic acids is 1. The van der Waals surface area contributed by atoms with Crippen LogP contribution in [0, 0.1) is 5.92 Å². The van der Waals surface area contributed by atoms with E-state index in [1.165, 1.54) is 0 Å². The van der Waals surface area contributed by atoms with E-state index >= 15 is 0 Å². The molecule has 0 radical (unpaired) electrons. The Bertz CT molecular complexity index is 652. The zero-order chi connectivity index (χ0) is 20.6. The van der Waals surface area contributed by atoms with Gasteiger partial charge in [-0.3, -0.25) is 9.69 Å². The van der Waals surface area contributed by atoms with E-state index in [4.69, 9.17) is 31.4 Å². The number of carboxylic acids is 2. The van der Waals surface area contributed by atoms with Crippen molar-refractivity contribution >= 4 is 29.4 Å². The highest BCUT2D eigenvalue weighted by Crippen LogP contribution is 2.22. The number of halogens is 1. The van der Waals surface area contributed by atoms with E-state index in [0.717, 1.165) is 43.1 Å². The van der Waals surface area contributed by atoms with Crippen LogP contribution in [0.15, 0.2) is 24.3 Å². The van der Waals surface area contributed by atoms with Gasteiger partial charge < -0.3 is 15.5 Å². The molecule has 1 aliphatic rings. The molecular formula is C19H27ClN2O5. The molecule has 7 nitrogen and oxygen atoms in total. The number of carboxylic acid groups (broad SMARTS) is 2. The van der Waals surface area contributed by atoms with Crippen LogP contribution in [0.4, 0.5) is 0 Å². The highest BCUT2D eigenvalue weighted by molar-refractivity contribution is 6.31. The fourth-order valence-corrected chi connectivity index (χ4v) is 2.89. The van der Waals surface area contributed by atoms with Gasteiger partial charge in [0.1, 0.15) is 0 Å². The molecule has 1 aromatic carbocycles. The molecule has 1 aromatic rings. The Balaban J connectivity index is 0.000000527. The Morgan fingerprint density at radius 2 is 1.63 bits per heavy atom. The second-order valence-electron chi connectivity index (χ2n) is 7.49. The van der Waals surface area contributed by atoms with Crippen molar-refractivity contribution in [1.82, 2.24) is 10.2 Å². The third-order valence-corrected chi connectivity index (χ3v) is 4.36. The molecule has 0 aromatic heterocycles. The molecule has 1 fully saturated rings. The topological polar surface area (TPSA) is 107 Å². The molecule has 0 unspecified atom stereocenters. The molecule has 3 N–H and O–H groups in total. The number of likely N-dealkylation sites (tertiary alicyclic amines) is 1. The molecule has 27 heavy (non-hydrogen) atoms. The van der Waals surface area contributed by atoms with Crippen LogP contribution in [-0.4, -0.2) is 51.6 Å². The summed E-state index contributed by atoms with van der Waals surface area (Å²) in [4.78, 5) is 32.8. The first kappa shape index (κ1) is 22.9. The number of nitrogens with zero attached hydrogens (tertiary/aromatic N) is 1. The molecule has 0 spiro atoms. The van der Waals surface area contributed by atoms with Gasteiger partial charge in [0.15, 0.2) is 0 Å². The van der Waals surface area contributed by atoms with E-state index < -0.39 is 11.9 Å². The molecule has 1 saturated heterocycles. The Morgan fingerprint density at radius 3 is 2.07 bits per heavy atom. The normalized spacial score (nSPS) is 15.4. The van der Waals surface area contributed by atoms with E-state index in [0.29, 0.717) is 0 Å². The van der Waals surface area contributed by atoms with Gasteiger partial charge in [-0.2, -0.15) is 0 Å². The second-order valence-corrected chi connectivity index (χ2v) is 7.90. The third kappa shape index (κ3) is 8.88. The van der Waals surface area contributed by atoms with E-state index in [9.17, 15) is 4.79 Å². The van der Waals surface area contributed by atoms with Crippen molar-refractivity contribution in [3.8, 4) is 0 Å². The van der Waals surface area contributed by atoms with Crippen LogP contribution in [0.25, 0.3) is 0 Å². The van der Waals surface area contributed by atoms with Gasteiger partial charge >= 0.3 is 11.9 Å². The Hall–Kier alpha value is -2.12. The Morgan fingerprint density at radius 1 is 1.11 bits per heavy atom. The average molecular weight is 399 g/mol. The number of hydrogen-bond acceptors (Lipinski definition) is 4. The summed E-state index contributed by atoms with van der Waals surface area (Å²) in [6, 6.07) is 7.97. The van der Waals surface area contributed by atoms with Crippen LogP contribution >= 0.6 is 11.6 Å². The summed E-state index contributed by atoms with van der Waals surface area (Å²) < 4.78 is 0. The first-order valence-electron chi connectivity index (χ1n) is 8.73. The van der Waals surface area contributed by atoms with Crippen LogP contribution < -0.4 is 5.32 Å². The number of benzene rings is 1. The van der Waals surface area contributed by atoms with Crippen molar-refractivity contribution in [3.63, 3.8) is 0 Å². The number of nitrogens with one attached hydrogen (secondary N) is 1. The van der Waals surface area contributed by atoms with Gasteiger partial charge in [0, 0.05) is 23.0 Å². The monoisotopic (exact) mass is 398 g/mol. The maximum absolute atomic E-state index is 12.2. The van der Waals surface area contributed by atoms with Gasteiger partial charge in [-0.15, -0.1) is 0 Å². The van der Waals surface area contributed by atoms with Crippen molar-refractivity contribution in [2.24, 2.45) is 5.92 Å². The highest BCUT2D eigenvalue weighted by Gasteiger charge is 2.27. The average Bonchev–Trinajstić information content (AvgIpc) is 2.56. The molecule has 2 rings (SSSR count). The number of piperidine rings is 1. The summed E-state index contributed by atoms with van der Waals surface area (Å²) >= 11 is 6.20. The summed E-state index contributed by atoms with van der Waals surface area (Å²) in [6.45, 7) is 8.85. The Labute approximate surface area is 164 Å². The minimum atomic E-state index is -1.82. The molecule has 1 amide bonds. The van der Waals surface area contributed by atoms with Gasteiger partial charge in [-0.25, -0.2) is 9.59 Å². The molecule has 1 heterocycles. The van der Waals surface area contributed by atoms with Crippen LogP contribution in [0.5, 0.6) is 0 Å². The minimum absolute atomic E-state index is 0.145. The lowest BCUT2D eigenvalue weighted by molar-refractivity contribution is -0.159. The van der Waals surface area contributed by atoms with Crippen molar-refractivity contribution in [2.75, 3.05) is 13.1 Å². The van der Waals surface area contributed by atoms with Crippen molar-refractivity contribution in [1.29, 1.82) is 0 Å². The fraction of sp³-hybridized carbons (Fsp3) is 0.526. The van der Waals surface area contributed by atoms with E-state index in [2.05, 4.69) is 16.3 Å². The van der Waals surface area contributed by atoms with Crippen molar-refractivity contribution < 1.29 is 24.6 Å². The summed E-state index contributed by atoms with van der Waals surface area (Å²) in [5, 5.41) is 18.7. The lowest BCUT2D eigenvalue weighted by Crippen LogP contribution is -2.46. The van der Waals surface area contributed by atoms with Crippen molar-refractivity contribution in [2.45, 2.75) is 45.7 Å². The summed E-state index contributed by atoms with van der Waals surface area (Å²) in [5.74, 6) is -3.31. The number of hydrogen-bond donors (Lipinski definition) is 3. The molecule has 0 aliphatic carbocycles. The quantitative estimate of drug-likeness (QED) is 0.675. The number of rotatable bonds is 3. The smallest absolute Gasteiger partial charge is 0.414 e. The standard InChI is InChI=1S/C17H25ClN2O.C2H2O4/c1-17(2,3)19-16(21)13-8-10-20(11-9-13)12-14-6-4-5-7-15(14)18;3-1(4)2(5)6/h4-7,13H,8-12H2,1-3H3,(H,19,21);(H,3,4)(H,5,6). The van der Waals surface area contributed by atoms with Gasteiger partial charge in [0.05, 0.1) is 0 Å². The number of amides is 1. The van der Waals surface area contributed by atoms with E-state index in [1.807, 2.05) is 39.0 Å². The second kappa shape index (κ2) is 10.3. The molecule has 150 valence electrons. The molecule has 1 aliphatic heterocycles. The molecule has 0 atom stereocenters. The van der Waals surface area contributed by atoms with Gasteiger partial charge in [-0.1, -0.05) is 29.8 Å². The van der Waals surface area contributed by atoms with Crippen LogP contribution in [0.3, 0.4) is 0 Å². The van der Waals surface area contributed by atoms with Gasteiger partial charge in [-0.05, 0) is 58.3 Å². The molecular weight excluding hydrogens is 372 g/mol. The predicted molar refractivity (Wildman–Crippen MR) is 103 cm³/mol. The maximum atomic E-state index is 12.2. The minimum Gasteiger partial charge on any atom is -0.473 e. The highest BCUT2D eigenvalue weighted by atomic mass is 35.5. The van der Waals surface area contributed by atoms with Crippen LogP contribution in [0.1, 0.15) is 39.2 Å². The zero-order valence-corrected chi connectivity index (χ0v) is 16.6. The summed E-state index contributed by atoms with van der Waals surface area (Å²) in [6.07, 6.45) is 1.85. The first-order valence-corrected chi connectivity index (χ1v) is 9.11. The van der Waals surface area contributed by atoms with Gasteiger partial charge in [0.2, 0.25) is 5.91 Å². The zero-order valence-electron chi connectivity index (χ0n) is 15.9. The van der Waals surface area contributed by atoms with E-state index in [1.54, 1.807) is 0 Å². The third-order valence-electron chi connectivity index (χ3n) is 3.99. The lowest BCUT2D eigenvalue weighted by atomic mass is 9.94. The Kier molecular flexibility index (Phi) is 8.72. The maximum Gasteiger partial charge on any atom is 0.414 e. The molecule has 0 bridgehead atoms. The largest absolute Gasteiger partial charge is 0.473 e. The fourth-order valence-electron chi connectivity index (χ4n) is 2.69. The first-order chi connectivity index (χ1) is 12.5.